The highest BCUT2D eigenvalue weighted by molar-refractivity contribution is 5.74. The van der Waals surface area contributed by atoms with Crippen LogP contribution in [0, 0.1) is 0 Å². The van der Waals surface area contributed by atoms with E-state index in [-0.39, 0.29) is 17.4 Å². The molecule has 3 amide bonds. The van der Waals surface area contributed by atoms with E-state index in [0.717, 1.165) is 12.2 Å². The monoisotopic (exact) mass is 335 g/mol. The minimum atomic E-state index is -0.241. The van der Waals surface area contributed by atoms with Gasteiger partial charge in [-0.1, -0.05) is 32.9 Å². The third-order valence-electron chi connectivity index (χ3n) is 3.38. The van der Waals surface area contributed by atoms with Gasteiger partial charge in [0.1, 0.15) is 5.75 Å². The molecule has 0 unspecified atom stereocenters. The third kappa shape index (κ3) is 8.41. The van der Waals surface area contributed by atoms with Crippen LogP contribution >= 0.6 is 0 Å². The van der Waals surface area contributed by atoms with E-state index in [1.54, 1.807) is 0 Å². The van der Waals surface area contributed by atoms with Crippen LogP contribution in [0.5, 0.6) is 5.75 Å². The molecule has 1 rings (SSSR count). The van der Waals surface area contributed by atoms with Crippen LogP contribution in [-0.4, -0.2) is 38.2 Å². The molecule has 1 aromatic carbocycles. The number of hydrogen-bond acceptors (Lipinski definition) is 3. The molecule has 0 spiro atoms. The van der Waals surface area contributed by atoms with E-state index >= 15 is 0 Å². The Morgan fingerprint density at radius 2 is 1.54 bits per heavy atom. The van der Waals surface area contributed by atoms with Crippen LogP contribution in [-0.2, 0) is 10.2 Å². The molecule has 1 aromatic rings. The molecule has 0 fully saturated rings. The molecule has 0 aromatic heterocycles. The zero-order valence-corrected chi connectivity index (χ0v) is 15.1. The maximum absolute atomic E-state index is 11.5. The Morgan fingerprint density at radius 3 is 2.12 bits per heavy atom. The normalized spacial score (nSPS) is 10.8. The molecule has 0 aliphatic carbocycles. The van der Waals surface area contributed by atoms with E-state index in [9.17, 15) is 9.59 Å². The fourth-order valence-corrected chi connectivity index (χ4v) is 1.99. The van der Waals surface area contributed by atoms with E-state index in [0.29, 0.717) is 26.2 Å². The van der Waals surface area contributed by atoms with Crippen LogP contribution < -0.4 is 20.7 Å². The maximum atomic E-state index is 11.5. The Hall–Kier alpha value is -2.24. The van der Waals surface area contributed by atoms with Gasteiger partial charge >= 0.3 is 6.03 Å². The minimum Gasteiger partial charge on any atom is -0.494 e. The Morgan fingerprint density at radius 1 is 0.958 bits per heavy atom. The van der Waals surface area contributed by atoms with Crippen molar-refractivity contribution in [2.24, 2.45) is 0 Å². The van der Waals surface area contributed by atoms with Crippen molar-refractivity contribution < 1.29 is 14.3 Å². The van der Waals surface area contributed by atoms with Crippen LogP contribution in [0.1, 0.15) is 39.7 Å². The second-order valence-corrected chi connectivity index (χ2v) is 6.64. The van der Waals surface area contributed by atoms with Gasteiger partial charge in [0, 0.05) is 26.6 Å². The van der Waals surface area contributed by atoms with Crippen molar-refractivity contribution in [2.75, 3.05) is 26.2 Å². The molecule has 3 N–H and O–H groups in total. The first kappa shape index (κ1) is 19.8. The second-order valence-electron chi connectivity index (χ2n) is 6.64. The quantitative estimate of drug-likeness (QED) is 0.637. The number of benzene rings is 1. The van der Waals surface area contributed by atoms with E-state index in [1.807, 2.05) is 12.1 Å². The number of nitrogens with one attached hydrogen (secondary N) is 3. The lowest BCUT2D eigenvalue weighted by Crippen LogP contribution is -2.40. The highest BCUT2D eigenvalue weighted by atomic mass is 16.5. The average molecular weight is 335 g/mol. The summed E-state index contributed by atoms with van der Waals surface area (Å²) in [7, 11) is 0. The van der Waals surface area contributed by atoms with Gasteiger partial charge in [-0.2, -0.15) is 0 Å². The van der Waals surface area contributed by atoms with Gasteiger partial charge < -0.3 is 20.7 Å². The molecule has 0 saturated carbocycles. The van der Waals surface area contributed by atoms with E-state index < -0.39 is 0 Å². The lowest BCUT2D eigenvalue weighted by molar-refractivity contribution is -0.118. The molecule has 0 aliphatic rings. The molecule has 0 saturated heterocycles. The SMILES string of the molecule is CC(=O)NCCNC(=O)NCCCOc1ccc(C(C)(C)C)cc1. The van der Waals surface area contributed by atoms with Gasteiger partial charge in [0.25, 0.3) is 0 Å². The van der Waals surface area contributed by atoms with Crippen molar-refractivity contribution >= 4 is 11.9 Å². The van der Waals surface area contributed by atoms with E-state index in [4.69, 9.17) is 4.74 Å². The summed E-state index contributed by atoms with van der Waals surface area (Å²) < 4.78 is 5.66. The summed E-state index contributed by atoms with van der Waals surface area (Å²) in [5.74, 6) is 0.729. The predicted octanol–water partition coefficient (Wildman–Crippen LogP) is 2.19. The summed E-state index contributed by atoms with van der Waals surface area (Å²) >= 11 is 0. The number of amides is 3. The second kappa shape index (κ2) is 9.80. The van der Waals surface area contributed by atoms with Crippen molar-refractivity contribution in [3.05, 3.63) is 29.8 Å². The fraction of sp³-hybridized carbons (Fsp3) is 0.556. The predicted molar refractivity (Wildman–Crippen MR) is 95.3 cm³/mol. The minimum absolute atomic E-state index is 0.107. The summed E-state index contributed by atoms with van der Waals surface area (Å²) in [6.07, 6.45) is 0.722. The lowest BCUT2D eigenvalue weighted by atomic mass is 9.87. The smallest absolute Gasteiger partial charge is 0.314 e. The van der Waals surface area contributed by atoms with Gasteiger partial charge in [-0.3, -0.25) is 4.79 Å². The Bertz CT molecular complexity index is 521. The largest absolute Gasteiger partial charge is 0.494 e. The molecule has 0 aliphatic heterocycles. The van der Waals surface area contributed by atoms with E-state index in [1.165, 1.54) is 12.5 Å². The molecular formula is C18H29N3O3. The highest BCUT2D eigenvalue weighted by Gasteiger charge is 2.12. The highest BCUT2D eigenvalue weighted by Crippen LogP contribution is 2.24. The summed E-state index contributed by atoms with van der Waals surface area (Å²) in [6, 6.07) is 7.87. The summed E-state index contributed by atoms with van der Waals surface area (Å²) in [6.45, 7) is 9.88. The van der Waals surface area contributed by atoms with Gasteiger partial charge in [-0.05, 0) is 29.5 Å². The van der Waals surface area contributed by atoms with Crippen LogP contribution in [0.4, 0.5) is 4.79 Å². The Kier molecular flexibility index (Phi) is 8.09. The van der Waals surface area contributed by atoms with Crippen molar-refractivity contribution in [2.45, 2.75) is 39.5 Å². The first-order valence-electron chi connectivity index (χ1n) is 8.28. The van der Waals surface area contributed by atoms with Crippen molar-refractivity contribution in [1.82, 2.24) is 16.0 Å². The number of urea groups is 1. The molecule has 134 valence electrons. The van der Waals surface area contributed by atoms with Gasteiger partial charge in [0.05, 0.1) is 6.61 Å². The van der Waals surface area contributed by atoms with Gasteiger partial charge in [-0.15, -0.1) is 0 Å². The number of carbonyl (C=O) groups is 2. The summed E-state index contributed by atoms with van der Waals surface area (Å²) in [5, 5.41) is 8.01. The number of ether oxygens (including phenoxy) is 1. The van der Waals surface area contributed by atoms with Crippen LogP contribution in [0.2, 0.25) is 0 Å². The number of carbonyl (C=O) groups excluding carboxylic acids is 2. The van der Waals surface area contributed by atoms with E-state index in [2.05, 4.69) is 48.9 Å². The van der Waals surface area contributed by atoms with Crippen LogP contribution in [0.3, 0.4) is 0 Å². The molecular weight excluding hydrogens is 306 g/mol. The van der Waals surface area contributed by atoms with Gasteiger partial charge in [0.2, 0.25) is 5.91 Å². The Labute approximate surface area is 144 Å². The van der Waals surface area contributed by atoms with Gasteiger partial charge in [0.15, 0.2) is 0 Å². The standard InChI is InChI=1S/C18H29N3O3/c1-14(22)19-11-12-21-17(23)20-10-5-13-24-16-8-6-15(7-9-16)18(2,3)4/h6-9H,5,10-13H2,1-4H3,(H,19,22)(H2,20,21,23). The summed E-state index contributed by atoms with van der Waals surface area (Å²) in [4.78, 5) is 22.1. The Balaban J connectivity index is 2.11. The van der Waals surface area contributed by atoms with Crippen molar-refractivity contribution in [1.29, 1.82) is 0 Å². The first-order valence-corrected chi connectivity index (χ1v) is 8.28. The molecule has 0 radical (unpaired) electrons. The lowest BCUT2D eigenvalue weighted by Gasteiger charge is -2.19. The molecule has 24 heavy (non-hydrogen) atoms. The topological polar surface area (TPSA) is 79.5 Å². The van der Waals surface area contributed by atoms with Crippen molar-refractivity contribution in [3.63, 3.8) is 0 Å². The molecule has 0 heterocycles. The third-order valence-corrected chi connectivity index (χ3v) is 3.38. The maximum Gasteiger partial charge on any atom is 0.314 e. The molecule has 6 heteroatoms. The fourth-order valence-electron chi connectivity index (χ4n) is 1.99. The number of hydrogen-bond donors (Lipinski definition) is 3. The molecule has 6 nitrogen and oxygen atoms in total. The molecule has 0 atom stereocenters. The zero-order chi connectivity index (χ0) is 18.0. The van der Waals surface area contributed by atoms with Crippen molar-refractivity contribution in [3.8, 4) is 5.75 Å². The van der Waals surface area contributed by atoms with Gasteiger partial charge in [-0.25, -0.2) is 4.79 Å². The average Bonchev–Trinajstić information content (AvgIpc) is 2.50. The van der Waals surface area contributed by atoms with Crippen LogP contribution in [0.15, 0.2) is 24.3 Å². The summed E-state index contributed by atoms with van der Waals surface area (Å²) in [5.41, 5.74) is 1.41. The number of rotatable bonds is 8. The van der Waals surface area contributed by atoms with Crippen LogP contribution in [0.25, 0.3) is 0 Å². The first-order chi connectivity index (χ1) is 11.3. The zero-order valence-electron chi connectivity index (χ0n) is 15.1. The molecule has 0 bridgehead atoms.